The van der Waals surface area contributed by atoms with Crippen molar-refractivity contribution >= 4 is 17.2 Å². The molecule has 3 heterocycles. The highest BCUT2D eigenvalue weighted by molar-refractivity contribution is 7.17. The number of nitrogens with one attached hydrogen (secondary N) is 2. The summed E-state index contributed by atoms with van der Waals surface area (Å²) < 4.78 is 10.7. The third kappa shape index (κ3) is 4.04. The first-order valence-electron chi connectivity index (χ1n) is 8.91. The molecule has 2 N–H and O–H groups in total. The lowest BCUT2D eigenvalue weighted by Gasteiger charge is -2.01. The second-order valence-corrected chi connectivity index (χ2v) is 7.36. The summed E-state index contributed by atoms with van der Waals surface area (Å²) in [6.45, 7) is 3.91. The molecule has 0 aliphatic carbocycles. The van der Waals surface area contributed by atoms with Crippen LogP contribution < -0.4 is 10.1 Å². The zero-order valence-corrected chi connectivity index (χ0v) is 17.0. The largest absolute Gasteiger partial charge is 0.497 e. The first kappa shape index (κ1) is 18.9. The maximum absolute atomic E-state index is 12.6. The number of nitrogens with zero attached hydrogens (tertiary/aromatic N) is 3. The zero-order valence-electron chi connectivity index (χ0n) is 16.1. The van der Waals surface area contributed by atoms with Crippen molar-refractivity contribution in [3.05, 3.63) is 58.6 Å². The van der Waals surface area contributed by atoms with Gasteiger partial charge in [0.1, 0.15) is 22.2 Å². The third-order valence-corrected chi connectivity index (χ3v) is 5.42. The highest BCUT2D eigenvalue weighted by Gasteiger charge is 2.18. The van der Waals surface area contributed by atoms with Crippen molar-refractivity contribution in [2.75, 3.05) is 7.11 Å². The van der Waals surface area contributed by atoms with Gasteiger partial charge < -0.3 is 14.5 Å². The minimum Gasteiger partial charge on any atom is -0.497 e. The van der Waals surface area contributed by atoms with Crippen molar-refractivity contribution in [2.45, 2.75) is 20.4 Å². The molecule has 0 saturated heterocycles. The fourth-order valence-electron chi connectivity index (χ4n) is 2.75. The molecule has 0 aliphatic heterocycles. The van der Waals surface area contributed by atoms with E-state index in [1.807, 2.05) is 43.3 Å². The smallest absolute Gasteiger partial charge is 0.263 e. The second-order valence-electron chi connectivity index (χ2n) is 6.36. The first-order valence-corrected chi connectivity index (χ1v) is 9.73. The maximum Gasteiger partial charge on any atom is 0.263 e. The summed E-state index contributed by atoms with van der Waals surface area (Å²) in [4.78, 5) is 22.0. The summed E-state index contributed by atoms with van der Waals surface area (Å²) in [5.41, 5.74) is 1.52. The Morgan fingerprint density at radius 2 is 1.97 bits per heavy atom. The van der Waals surface area contributed by atoms with E-state index in [0.717, 1.165) is 17.1 Å². The van der Waals surface area contributed by atoms with Gasteiger partial charge in [0.15, 0.2) is 16.6 Å². The Morgan fingerprint density at radius 3 is 2.66 bits per heavy atom. The van der Waals surface area contributed by atoms with Crippen LogP contribution in [0.1, 0.15) is 27.0 Å². The van der Waals surface area contributed by atoms with Gasteiger partial charge in [-0.15, -0.1) is 11.3 Å². The number of benzene rings is 1. The van der Waals surface area contributed by atoms with Gasteiger partial charge in [-0.3, -0.25) is 9.89 Å². The normalized spacial score (nSPS) is 10.9. The summed E-state index contributed by atoms with van der Waals surface area (Å²) in [6, 6.07) is 11.2. The lowest BCUT2D eigenvalue weighted by Crippen LogP contribution is -2.23. The van der Waals surface area contributed by atoms with Gasteiger partial charge in [-0.1, -0.05) is 0 Å². The number of H-pyrrole nitrogens is 1. The number of aryl methyl sites for hydroxylation is 2. The van der Waals surface area contributed by atoms with Crippen LogP contribution in [0.2, 0.25) is 0 Å². The number of carbonyl (C=O) groups is 1. The minimum absolute atomic E-state index is 0.211. The molecular weight excluding hydrogens is 390 g/mol. The Labute approximate surface area is 171 Å². The molecule has 0 saturated carbocycles. The Hall–Kier alpha value is -3.46. The lowest BCUT2D eigenvalue weighted by atomic mass is 10.2. The van der Waals surface area contributed by atoms with Crippen molar-refractivity contribution < 1.29 is 13.9 Å². The predicted octanol–water partition coefficient (Wildman–Crippen LogP) is 3.74. The number of carbonyl (C=O) groups excluding carboxylic acids is 1. The molecule has 148 valence electrons. The van der Waals surface area contributed by atoms with E-state index in [1.54, 1.807) is 14.0 Å². The number of aromatic amines is 1. The van der Waals surface area contributed by atoms with E-state index < -0.39 is 0 Å². The van der Waals surface area contributed by atoms with Crippen LogP contribution in [0.25, 0.3) is 22.2 Å². The predicted molar refractivity (Wildman–Crippen MR) is 109 cm³/mol. The second kappa shape index (κ2) is 7.88. The molecule has 1 amide bonds. The van der Waals surface area contributed by atoms with Gasteiger partial charge >= 0.3 is 0 Å². The molecule has 0 atom stereocenters. The number of rotatable bonds is 6. The molecule has 9 heteroatoms. The Balaban J connectivity index is 1.42. The third-order valence-electron chi connectivity index (χ3n) is 4.25. The number of ether oxygens (including phenoxy) is 1. The number of thiazole rings is 1. The fourth-order valence-corrected chi connectivity index (χ4v) is 3.69. The molecule has 29 heavy (non-hydrogen) atoms. The van der Waals surface area contributed by atoms with E-state index in [4.69, 9.17) is 9.15 Å². The maximum atomic E-state index is 12.6. The summed E-state index contributed by atoms with van der Waals surface area (Å²) in [5.74, 6) is 3.14. The van der Waals surface area contributed by atoms with Crippen LogP contribution in [0.15, 0.2) is 40.8 Å². The van der Waals surface area contributed by atoms with Gasteiger partial charge in [-0.05, 0) is 50.2 Å². The fraction of sp³-hybridized carbons (Fsp3) is 0.200. The lowest BCUT2D eigenvalue weighted by molar-refractivity contribution is 0.0953. The van der Waals surface area contributed by atoms with Crippen molar-refractivity contribution in [1.82, 2.24) is 25.5 Å². The molecule has 4 rings (SSSR count). The standard InChI is InChI=1S/C20H19N5O3S/c1-11-4-9-15(28-11)20-22-12(2)17(29-20)19(26)21-10-16-23-18(25-24-16)13-5-7-14(27-3)8-6-13/h4-9H,10H2,1-3H3,(H,21,26)(H,23,24,25). The van der Waals surface area contributed by atoms with Gasteiger partial charge in [-0.2, -0.15) is 5.10 Å². The highest BCUT2D eigenvalue weighted by atomic mass is 32.1. The molecular formula is C20H19N5O3S. The topological polar surface area (TPSA) is 106 Å². The molecule has 0 spiro atoms. The summed E-state index contributed by atoms with van der Waals surface area (Å²) >= 11 is 1.30. The van der Waals surface area contributed by atoms with E-state index >= 15 is 0 Å². The van der Waals surface area contributed by atoms with Crippen LogP contribution in [0, 0.1) is 13.8 Å². The molecule has 3 aromatic heterocycles. The Morgan fingerprint density at radius 1 is 1.17 bits per heavy atom. The number of hydrogen-bond acceptors (Lipinski definition) is 7. The SMILES string of the molecule is COc1ccc(-c2n[nH]c(CNC(=O)c3sc(-c4ccc(C)o4)nc3C)n2)cc1. The molecule has 0 radical (unpaired) electrons. The van der Waals surface area contributed by atoms with Crippen LogP contribution in [-0.2, 0) is 6.54 Å². The zero-order chi connectivity index (χ0) is 20.4. The molecule has 0 aliphatic rings. The first-order chi connectivity index (χ1) is 14.0. The van der Waals surface area contributed by atoms with E-state index in [1.165, 1.54) is 11.3 Å². The van der Waals surface area contributed by atoms with E-state index in [0.29, 0.717) is 33.0 Å². The van der Waals surface area contributed by atoms with Crippen molar-refractivity contribution in [3.63, 3.8) is 0 Å². The van der Waals surface area contributed by atoms with Gasteiger partial charge in [0.25, 0.3) is 5.91 Å². The number of furan rings is 1. The van der Waals surface area contributed by atoms with Gasteiger partial charge in [0, 0.05) is 5.56 Å². The average molecular weight is 409 g/mol. The van der Waals surface area contributed by atoms with Crippen molar-refractivity contribution in [1.29, 1.82) is 0 Å². The van der Waals surface area contributed by atoms with Gasteiger partial charge in [0.05, 0.1) is 19.3 Å². The van der Waals surface area contributed by atoms with Gasteiger partial charge in [-0.25, -0.2) is 9.97 Å². The molecule has 0 fully saturated rings. The minimum atomic E-state index is -0.211. The van der Waals surface area contributed by atoms with Crippen LogP contribution in [-0.4, -0.2) is 33.2 Å². The quantitative estimate of drug-likeness (QED) is 0.502. The van der Waals surface area contributed by atoms with Crippen LogP contribution >= 0.6 is 11.3 Å². The molecule has 0 bridgehead atoms. The number of hydrogen-bond donors (Lipinski definition) is 2. The molecule has 8 nitrogen and oxygen atoms in total. The molecule has 4 aromatic rings. The van der Waals surface area contributed by atoms with Crippen molar-refractivity contribution in [2.24, 2.45) is 0 Å². The number of aromatic nitrogens is 4. The number of methoxy groups -OCH3 is 1. The molecule has 0 unspecified atom stereocenters. The summed E-state index contributed by atoms with van der Waals surface area (Å²) in [6.07, 6.45) is 0. The Bertz CT molecular complexity index is 1140. The van der Waals surface area contributed by atoms with Crippen LogP contribution in [0.3, 0.4) is 0 Å². The summed E-state index contributed by atoms with van der Waals surface area (Å²) in [7, 11) is 1.62. The Kier molecular flexibility index (Phi) is 5.13. The molecule has 1 aromatic carbocycles. The summed E-state index contributed by atoms with van der Waals surface area (Å²) in [5, 5.41) is 10.6. The van der Waals surface area contributed by atoms with E-state index in [9.17, 15) is 4.79 Å². The van der Waals surface area contributed by atoms with Gasteiger partial charge in [0.2, 0.25) is 0 Å². The highest BCUT2D eigenvalue weighted by Crippen LogP contribution is 2.29. The average Bonchev–Trinajstić information content (AvgIpc) is 3.46. The number of amides is 1. The monoisotopic (exact) mass is 409 g/mol. The van der Waals surface area contributed by atoms with Crippen LogP contribution in [0.5, 0.6) is 5.75 Å². The van der Waals surface area contributed by atoms with Crippen LogP contribution in [0.4, 0.5) is 0 Å². The van der Waals surface area contributed by atoms with E-state index in [2.05, 4.69) is 25.5 Å². The van der Waals surface area contributed by atoms with Crippen molar-refractivity contribution in [3.8, 4) is 27.9 Å². The van der Waals surface area contributed by atoms with E-state index in [-0.39, 0.29) is 12.5 Å².